The van der Waals surface area contributed by atoms with Gasteiger partial charge in [-0.2, -0.15) is 5.10 Å². The molecule has 0 spiro atoms. The monoisotopic (exact) mass is 401 g/mol. The Bertz CT molecular complexity index is 825. The number of aryl methyl sites for hydroxylation is 1. The van der Waals surface area contributed by atoms with Gasteiger partial charge in [0.05, 0.1) is 18.9 Å². The molecule has 7 heteroatoms. The zero-order chi connectivity index (χ0) is 21.0. The quantitative estimate of drug-likeness (QED) is 0.689. The third-order valence-corrected chi connectivity index (χ3v) is 5.32. The molecular weight excluding hydrogens is 370 g/mol. The van der Waals surface area contributed by atoms with Crippen molar-refractivity contribution in [2.24, 2.45) is 0 Å². The second-order valence-corrected chi connectivity index (χ2v) is 8.52. The maximum atomic E-state index is 12.5. The average Bonchev–Trinajstić information content (AvgIpc) is 3.36. The Hall–Kier alpha value is -2.57. The van der Waals surface area contributed by atoms with Crippen LogP contribution in [0.3, 0.4) is 0 Å². The lowest BCUT2D eigenvalue weighted by molar-refractivity contribution is -0.132. The predicted octanol–water partition coefficient (Wildman–Crippen LogP) is 3.75. The van der Waals surface area contributed by atoms with Crippen molar-refractivity contribution < 1.29 is 18.7 Å². The number of amides is 1. The molecule has 1 aliphatic rings. The lowest BCUT2D eigenvalue weighted by atomic mass is 9.91. The highest BCUT2D eigenvalue weighted by molar-refractivity contribution is 5.87. The minimum atomic E-state index is -0.387. The van der Waals surface area contributed by atoms with E-state index in [2.05, 4.69) is 25.9 Å². The fourth-order valence-electron chi connectivity index (χ4n) is 3.74. The van der Waals surface area contributed by atoms with Crippen molar-refractivity contribution in [2.75, 3.05) is 19.7 Å². The molecule has 7 nitrogen and oxygen atoms in total. The van der Waals surface area contributed by atoms with E-state index >= 15 is 0 Å². The van der Waals surface area contributed by atoms with Gasteiger partial charge >= 0.3 is 5.97 Å². The third-order valence-electron chi connectivity index (χ3n) is 5.32. The van der Waals surface area contributed by atoms with E-state index in [1.54, 1.807) is 13.2 Å². The van der Waals surface area contributed by atoms with Crippen LogP contribution in [0.25, 0.3) is 0 Å². The second kappa shape index (κ2) is 8.84. The number of piperidine rings is 1. The Kier molecular flexibility index (Phi) is 6.45. The average molecular weight is 402 g/mol. The lowest BCUT2D eigenvalue weighted by Gasteiger charge is -2.34. The van der Waals surface area contributed by atoms with Crippen molar-refractivity contribution in [1.29, 1.82) is 0 Å². The predicted molar refractivity (Wildman–Crippen MR) is 109 cm³/mol. The van der Waals surface area contributed by atoms with E-state index in [-0.39, 0.29) is 23.3 Å². The van der Waals surface area contributed by atoms with Crippen LogP contribution in [-0.4, -0.2) is 46.3 Å². The number of carbonyl (C=O) groups is 2. The first kappa shape index (κ1) is 21.1. The van der Waals surface area contributed by atoms with Crippen LogP contribution < -0.4 is 0 Å². The van der Waals surface area contributed by atoms with Gasteiger partial charge in [0, 0.05) is 37.0 Å². The zero-order valence-electron chi connectivity index (χ0n) is 17.8. The summed E-state index contributed by atoms with van der Waals surface area (Å²) in [7, 11) is 0. The third kappa shape index (κ3) is 5.08. The van der Waals surface area contributed by atoms with Crippen molar-refractivity contribution in [3.63, 3.8) is 0 Å². The molecule has 0 aliphatic carbocycles. The zero-order valence-corrected chi connectivity index (χ0v) is 17.8. The molecule has 29 heavy (non-hydrogen) atoms. The minimum absolute atomic E-state index is 0.145. The minimum Gasteiger partial charge on any atom is -0.469 e. The van der Waals surface area contributed by atoms with Gasteiger partial charge in [0.2, 0.25) is 5.91 Å². The first-order valence-corrected chi connectivity index (χ1v) is 10.4. The topological polar surface area (TPSA) is 77.6 Å². The van der Waals surface area contributed by atoms with Crippen molar-refractivity contribution in [2.45, 2.75) is 64.8 Å². The number of carbonyl (C=O) groups excluding carboxylic acids is 2. The van der Waals surface area contributed by atoms with E-state index in [4.69, 9.17) is 9.15 Å². The number of esters is 1. The highest BCUT2D eigenvalue weighted by atomic mass is 16.5. The molecule has 0 radical (unpaired) electrons. The van der Waals surface area contributed by atoms with E-state index in [0.717, 1.165) is 24.3 Å². The van der Waals surface area contributed by atoms with Crippen molar-refractivity contribution in [3.8, 4) is 0 Å². The number of furan rings is 1. The number of ether oxygens (including phenoxy) is 1. The van der Waals surface area contributed by atoms with Gasteiger partial charge in [0.15, 0.2) is 5.69 Å². The highest BCUT2D eigenvalue weighted by Gasteiger charge is 2.30. The van der Waals surface area contributed by atoms with Crippen molar-refractivity contribution in [1.82, 2.24) is 14.7 Å². The Morgan fingerprint density at radius 1 is 1.28 bits per heavy atom. The summed E-state index contributed by atoms with van der Waals surface area (Å²) >= 11 is 0. The number of nitrogens with zero attached hydrogens (tertiary/aromatic N) is 3. The molecule has 0 unspecified atom stereocenters. The van der Waals surface area contributed by atoms with Crippen LogP contribution in [0.4, 0.5) is 0 Å². The lowest BCUT2D eigenvalue weighted by Crippen LogP contribution is -2.40. The summed E-state index contributed by atoms with van der Waals surface area (Å²) in [5, 5.41) is 4.59. The fraction of sp³-hybridized carbons (Fsp3) is 0.591. The van der Waals surface area contributed by atoms with Gasteiger partial charge in [-0.1, -0.05) is 20.8 Å². The van der Waals surface area contributed by atoms with E-state index in [9.17, 15) is 9.59 Å². The first-order valence-electron chi connectivity index (χ1n) is 10.4. The Morgan fingerprint density at radius 3 is 2.59 bits per heavy atom. The Morgan fingerprint density at radius 2 is 2.00 bits per heavy atom. The van der Waals surface area contributed by atoms with Crippen LogP contribution in [0.5, 0.6) is 0 Å². The molecule has 0 aromatic carbocycles. The number of rotatable bonds is 6. The number of likely N-dealkylation sites (tertiary alicyclic amines) is 1. The van der Waals surface area contributed by atoms with E-state index < -0.39 is 0 Å². The molecule has 3 heterocycles. The van der Waals surface area contributed by atoms with Gasteiger partial charge in [-0.05, 0) is 38.0 Å². The van der Waals surface area contributed by atoms with Crippen LogP contribution in [0.1, 0.15) is 74.9 Å². The van der Waals surface area contributed by atoms with Gasteiger partial charge in [0.1, 0.15) is 5.76 Å². The molecular formula is C22H31N3O4. The second-order valence-electron chi connectivity index (χ2n) is 8.52. The summed E-state index contributed by atoms with van der Waals surface area (Å²) in [4.78, 5) is 26.6. The van der Waals surface area contributed by atoms with E-state index in [1.165, 1.54) is 0 Å². The van der Waals surface area contributed by atoms with Gasteiger partial charge in [-0.15, -0.1) is 0 Å². The molecule has 2 aromatic rings. The van der Waals surface area contributed by atoms with Crippen molar-refractivity contribution in [3.05, 3.63) is 41.6 Å². The first-order chi connectivity index (χ1) is 13.8. The summed E-state index contributed by atoms with van der Waals surface area (Å²) < 4.78 is 12.4. The molecule has 1 fully saturated rings. The Balaban J connectivity index is 1.65. The van der Waals surface area contributed by atoms with E-state index in [0.29, 0.717) is 38.2 Å². The van der Waals surface area contributed by atoms with Crippen LogP contribution in [0.2, 0.25) is 0 Å². The maximum Gasteiger partial charge on any atom is 0.358 e. The molecule has 1 saturated heterocycles. The maximum absolute atomic E-state index is 12.5. The van der Waals surface area contributed by atoms with Crippen LogP contribution >= 0.6 is 0 Å². The smallest absolute Gasteiger partial charge is 0.358 e. The summed E-state index contributed by atoms with van der Waals surface area (Å²) in [5.74, 6) is 0.608. The normalized spacial score (nSPS) is 15.5. The summed E-state index contributed by atoms with van der Waals surface area (Å²) in [5.41, 5.74) is 1.23. The fourth-order valence-corrected chi connectivity index (χ4v) is 3.74. The molecule has 158 valence electrons. The summed E-state index contributed by atoms with van der Waals surface area (Å²) in [6.45, 7) is 9.85. The van der Waals surface area contributed by atoms with Crippen LogP contribution in [-0.2, 0) is 21.4 Å². The van der Waals surface area contributed by atoms with Gasteiger partial charge < -0.3 is 14.1 Å². The van der Waals surface area contributed by atoms with E-state index in [1.807, 2.05) is 27.8 Å². The molecule has 2 aromatic heterocycles. The highest BCUT2D eigenvalue weighted by Crippen LogP contribution is 2.31. The molecule has 1 aliphatic heterocycles. The standard InChI is InChI=1S/C22H31N3O4/c1-5-28-21(27)18-15-19(22(2,3)4)25(23-18)16-10-12-24(13-11-16)20(26)9-8-17-7-6-14-29-17/h6-7,14-16H,5,8-13H2,1-4H3. The van der Waals surface area contributed by atoms with Gasteiger partial charge in [0.25, 0.3) is 0 Å². The number of hydrogen-bond donors (Lipinski definition) is 0. The Labute approximate surface area is 172 Å². The van der Waals surface area contributed by atoms with Crippen LogP contribution in [0, 0.1) is 0 Å². The van der Waals surface area contributed by atoms with Gasteiger partial charge in [-0.3, -0.25) is 9.48 Å². The summed E-state index contributed by atoms with van der Waals surface area (Å²) in [6.07, 6.45) is 4.36. The summed E-state index contributed by atoms with van der Waals surface area (Å²) in [6, 6.07) is 5.75. The molecule has 0 atom stereocenters. The van der Waals surface area contributed by atoms with Crippen molar-refractivity contribution >= 4 is 11.9 Å². The number of aromatic nitrogens is 2. The molecule has 3 rings (SSSR count). The van der Waals surface area contributed by atoms with Gasteiger partial charge in [-0.25, -0.2) is 4.79 Å². The molecule has 1 amide bonds. The number of hydrogen-bond acceptors (Lipinski definition) is 5. The molecule has 0 bridgehead atoms. The van der Waals surface area contributed by atoms with Crippen LogP contribution in [0.15, 0.2) is 28.9 Å². The largest absolute Gasteiger partial charge is 0.469 e. The molecule has 0 saturated carbocycles. The SMILES string of the molecule is CCOC(=O)c1cc(C(C)(C)C)n(C2CCN(C(=O)CCc3ccco3)CC2)n1. The molecule has 0 N–H and O–H groups in total.